The van der Waals surface area contributed by atoms with E-state index in [2.05, 4.69) is 29.0 Å². The molecule has 1 N–H and O–H groups in total. The molecule has 8 nitrogen and oxygen atoms in total. The van der Waals surface area contributed by atoms with E-state index in [9.17, 15) is 9.59 Å². The minimum absolute atomic E-state index is 0.00627. The van der Waals surface area contributed by atoms with Gasteiger partial charge in [0.15, 0.2) is 5.11 Å². The number of hydrogen-bond acceptors (Lipinski definition) is 6. The van der Waals surface area contributed by atoms with Crippen molar-refractivity contribution < 1.29 is 14.3 Å². The third-order valence-electron chi connectivity index (χ3n) is 7.18. The molecule has 10 heteroatoms. The number of anilines is 2. The van der Waals surface area contributed by atoms with Crippen molar-refractivity contribution >= 4 is 52.1 Å². The first-order valence-corrected chi connectivity index (χ1v) is 14.6. The van der Waals surface area contributed by atoms with Crippen molar-refractivity contribution in [3.05, 3.63) is 53.6 Å². The van der Waals surface area contributed by atoms with Gasteiger partial charge in [-0.05, 0) is 86.7 Å². The normalized spacial score (nSPS) is 18.6. The molecule has 4 rings (SSSR count). The molecule has 2 saturated heterocycles. The molecule has 2 heterocycles. The summed E-state index contributed by atoms with van der Waals surface area (Å²) in [5.41, 5.74) is 1.31. The van der Waals surface area contributed by atoms with Gasteiger partial charge in [0.2, 0.25) is 5.91 Å². The third kappa shape index (κ3) is 7.69. The fourth-order valence-corrected chi connectivity index (χ4v) is 5.49. The van der Waals surface area contributed by atoms with Crippen LogP contribution >= 0.6 is 23.8 Å². The molecule has 0 radical (unpaired) electrons. The van der Waals surface area contributed by atoms with Crippen LogP contribution in [0.1, 0.15) is 33.1 Å². The summed E-state index contributed by atoms with van der Waals surface area (Å²) in [5.74, 6) is 0.321. The largest absolute Gasteiger partial charge is 0.494 e. The van der Waals surface area contributed by atoms with Gasteiger partial charge in [-0.1, -0.05) is 25.4 Å². The number of benzene rings is 2. The van der Waals surface area contributed by atoms with Crippen LogP contribution in [0, 0.1) is 0 Å². The van der Waals surface area contributed by atoms with Crippen LogP contribution in [0.5, 0.6) is 5.75 Å². The van der Waals surface area contributed by atoms with Gasteiger partial charge in [-0.15, -0.1) is 0 Å². The van der Waals surface area contributed by atoms with Gasteiger partial charge in [0.05, 0.1) is 18.7 Å². The topological polar surface area (TPSA) is 68.4 Å². The summed E-state index contributed by atoms with van der Waals surface area (Å²) in [7, 11) is 0. The summed E-state index contributed by atoms with van der Waals surface area (Å²) in [6, 6.07) is 13.6. The summed E-state index contributed by atoms with van der Waals surface area (Å²) in [4.78, 5) is 35.1. The maximum atomic E-state index is 13.6. The van der Waals surface area contributed by atoms with Crippen LogP contribution in [-0.2, 0) is 9.59 Å². The van der Waals surface area contributed by atoms with Crippen molar-refractivity contribution in [2.24, 2.45) is 0 Å². The van der Waals surface area contributed by atoms with Crippen molar-refractivity contribution in [2.75, 3.05) is 62.6 Å². The molecule has 2 aliphatic rings. The number of ether oxygens (including phenoxy) is 1. The number of hydrogen-bond donors (Lipinski definition) is 1. The second kappa shape index (κ2) is 14.1. The number of nitrogens with one attached hydrogen (secondary N) is 1. The lowest BCUT2D eigenvalue weighted by atomic mass is 10.1. The van der Waals surface area contributed by atoms with Gasteiger partial charge in [0, 0.05) is 43.4 Å². The highest BCUT2D eigenvalue weighted by molar-refractivity contribution is 7.80. The molecule has 2 aromatic carbocycles. The predicted molar refractivity (Wildman–Crippen MR) is 161 cm³/mol. The summed E-state index contributed by atoms with van der Waals surface area (Å²) in [6.07, 6.45) is 1.78. The van der Waals surface area contributed by atoms with E-state index in [1.807, 2.05) is 17.0 Å². The fourth-order valence-electron chi connectivity index (χ4n) is 4.95. The van der Waals surface area contributed by atoms with Gasteiger partial charge < -0.3 is 24.8 Å². The van der Waals surface area contributed by atoms with Crippen molar-refractivity contribution in [2.45, 2.75) is 39.2 Å². The standard InChI is InChI=1S/C29H38ClN5O3S/c1-3-20-38-25-12-8-23(9-13-25)31-27(36)21-26-28(37)35(24-10-6-22(30)7-11-24)29(39)34(26)15-5-14-33-18-16-32(4-2)17-19-33/h6-13,26H,3-5,14-21H2,1-2H3,(H,31,36)/t26-/m0/s1. The number of thiocarbonyl (C=S) groups is 1. The van der Waals surface area contributed by atoms with E-state index in [4.69, 9.17) is 28.6 Å². The Hall–Kier alpha value is -2.72. The average Bonchev–Trinajstić information content (AvgIpc) is 3.17. The van der Waals surface area contributed by atoms with Crippen molar-refractivity contribution in [3.63, 3.8) is 0 Å². The van der Waals surface area contributed by atoms with Gasteiger partial charge in [-0.25, -0.2) is 0 Å². The second-order valence-corrected chi connectivity index (χ2v) is 10.7. The summed E-state index contributed by atoms with van der Waals surface area (Å²) < 4.78 is 5.62. The molecular weight excluding hydrogens is 534 g/mol. The van der Waals surface area contributed by atoms with Crippen LogP contribution < -0.4 is 15.0 Å². The molecule has 0 unspecified atom stereocenters. The highest BCUT2D eigenvalue weighted by Gasteiger charge is 2.43. The van der Waals surface area contributed by atoms with Crippen molar-refractivity contribution in [1.82, 2.24) is 14.7 Å². The minimum Gasteiger partial charge on any atom is -0.494 e. The Kier molecular flexibility index (Phi) is 10.6. The van der Waals surface area contributed by atoms with E-state index in [0.29, 0.717) is 34.7 Å². The zero-order chi connectivity index (χ0) is 27.8. The Morgan fingerprint density at radius 2 is 1.67 bits per heavy atom. The first-order valence-electron chi connectivity index (χ1n) is 13.8. The van der Waals surface area contributed by atoms with Gasteiger partial charge in [0.1, 0.15) is 11.8 Å². The third-order valence-corrected chi connectivity index (χ3v) is 7.85. The maximum absolute atomic E-state index is 13.6. The summed E-state index contributed by atoms with van der Waals surface area (Å²) in [5, 5.41) is 3.93. The number of amides is 2. The zero-order valence-corrected chi connectivity index (χ0v) is 24.3. The quantitative estimate of drug-likeness (QED) is 0.377. The van der Waals surface area contributed by atoms with E-state index in [-0.39, 0.29) is 18.2 Å². The number of piperazine rings is 1. The molecule has 2 fully saturated rings. The Bertz CT molecular complexity index is 1120. The lowest BCUT2D eigenvalue weighted by molar-refractivity contribution is -0.124. The molecule has 0 aliphatic carbocycles. The number of nitrogens with zero attached hydrogens (tertiary/aromatic N) is 4. The summed E-state index contributed by atoms with van der Waals surface area (Å²) in [6.45, 7) is 11.7. The van der Waals surface area contributed by atoms with E-state index >= 15 is 0 Å². The Labute approximate surface area is 241 Å². The molecule has 0 spiro atoms. The Balaban J connectivity index is 1.42. The number of rotatable bonds is 12. The van der Waals surface area contributed by atoms with Crippen LogP contribution in [-0.4, -0.2) is 90.1 Å². The fraction of sp³-hybridized carbons (Fsp3) is 0.483. The van der Waals surface area contributed by atoms with E-state index in [0.717, 1.165) is 57.9 Å². The molecule has 0 aromatic heterocycles. The first kappa shape index (κ1) is 29.3. The Morgan fingerprint density at radius 3 is 2.31 bits per heavy atom. The van der Waals surface area contributed by atoms with Crippen LogP contribution in [0.3, 0.4) is 0 Å². The number of likely N-dealkylation sites (N-methyl/N-ethyl adjacent to an activating group) is 1. The SMILES string of the molecule is CCCOc1ccc(NC(=O)C[C@H]2C(=O)N(c3ccc(Cl)cc3)C(=S)N2CCCN2CCN(CC)CC2)cc1. The predicted octanol–water partition coefficient (Wildman–Crippen LogP) is 4.49. The van der Waals surface area contributed by atoms with Crippen molar-refractivity contribution in [3.8, 4) is 5.75 Å². The molecule has 0 bridgehead atoms. The van der Waals surface area contributed by atoms with Gasteiger partial charge >= 0.3 is 0 Å². The smallest absolute Gasteiger partial charge is 0.256 e. The van der Waals surface area contributed by atoms with Crippen LogP contribution in [0.4, 0.5) is 11.4 Å². The number of carbonyl (C=O) groups is 2. The minimum atomic E-state index is -0.669. The van der Waals surface area contributed by atoms with Crippen LogP contribution in [0.25, 0.3) is 0 Å². The van der Waals surface area contributed by atoms with Crippen LogP contribution in [0.15, 0.2) is 48.5 Å². The molecule has 210 valence electrons. The highest BCUT2D eigenvalue weighted by atomic mass is 35.5. The van der Waals surface area contributed by atoms with E-state index < -0.39 is 6.04 Å². The molecular formula is C29H38ClN5O3S. The molecule has 1 atom stereocenters. The lowest BCUT2D eigenvalue weighted by Crippen LogP contribution is -2.47. The van der Waals surface area contributed by atoms with E-state index in [1.54, 1.807) is 36.4 Å². The highest BCUT2D eigenvalue weighted by Crippen LogP contribution is 2.29. The zero-order valence-electron chi connectivity index (χ0n) is 22.8. The molecule has 39 heavy (non-hydrogen) atoms. The van der Waals surface area contributed by atoms with Gasteiger partial charge in [-0.3, -0.25) is 14.5 Å². The molecule has 2 aromatic rings. The average molecular weight is 572 g/mol. The first-order chi connectivity index (χ1) is 18.9. The molecule has 2 aliphatic heterocycles. The lowest BCUT2D eigenvalue weighted by Gasteiger charge is -2.34. The number of halogens is 1. The Morgan fingerprint density at radius 1 is 1.00 bits per heavy atom. The molecule has 0 saturated carbocycles. The molecule has 2 amide bonds. The summed E-state index contributed by atoms with van der Waals surface area (Å²) >= 11 is 11.9. The van der Waals surface area contributed by atoms with Crippen molar-refractivity contribution in [1.29, 1.82) is 0 Å². The second-order valence-electron chi connectivity index (χ2n) is 9.90. The van der Waals surface area contributed by atoms with E-state index in [1.165, 1.54) is 4.90 Å². The van der Waals surface area contributed by atoms with Gasteiger partial charge in [-0.2, -0.15) is 0 Å². The van der Waals surface area contributed by atoms with Gasteiger partial charge in [0.25, 0.3) is 5.91 Å². The monoisotopic (exact) mass is 571 g/mol. The van der Waals surface area contributed by atoms with Crippen LogP contribution in [0.2, 0.25) is 5.02 Å². The maximum Gasteiger partial charge on any atom is 0.256 e. The number of carbonyl (C=O) groups excluding carboxylic acids is 2.